The molecule has 0 saturated heterocycles. The maximum absolute atomic E-state index is 13.3. The van der Waals surface area contributed by atoms with Crippen LogP contribution in [0.15, 0.2) is 36.9 Å². The summed E-state index contributed by atoms with van der Waals surface area (Å²) < 4.78 is 2.06. The number of hydrogen-bond donors (Lipinski definition) is 1. The van der Waals surface area contributed by atoms with Crippen molar-refractivity contribution in [3.05, 3.63) is 48.0 Å². The lowest BCUT2D eigenvalue weighted by molar-refractivity contribution is -0.156. The van der Waals surface area contributed by atoms with Gasteiger partial charge in [0.05, 0.1) is 11.0 Å². The first kappa shape index (κ1) is 16.0. The number of carbonyl (C=O) groups excluding carboxylic acids is 1. The van der Waals surface area contributed by atoms with E-state index in [-0.39, 0.29) is 16.9 Å². The molecule has 5 nitrogen and oxygen atoms in total. The topological polar surface area (TPSA) is 59.8 Å². The highest BCUT2D eigenvalue weighted by molar-refractivity contribution is 5.83. The largest absolute Gasteiger partial charge is 0.352 e. The molecule has 2 aromatic rings. The van der Waals surface area contributed by atoms with Crippen LogP contribution in [0.4, 0.5) is 0 Å². The second kappa shape index (κ2) is 5.66. The third kappa shape index (κ3) is 2.48. The van der Waals surface area contributed by atoms with Gasteiger partial charge in [-0.15, -0.1) is 0 Å². The fraction of sp³-hybridized carbons (Fsp3) is 0.571. The smallest absolute Gasteiger partial charge is 0.226 e. The van der Waals surface area contributed by atoms with Gasteiger partial charge in [0.15, 0.2) is 0 Å². The SMILES string of the molecule is Cc1ccc(CNC(=O)C23CC4CC(C2)CC(n2cncn2)(C4)C3)cc1. The Morgan fingerprint density at radius 1 is 1.19 bits per heavy atom. The van der Waals surface area contributed by atoms with Gasteiger partial charge in [0.1, 0.15) is 12.7 Å². The predicted octanol–water partition coefficient (Wildman–Crippen LogP) is 3.20. The van der Waals surface area contributed by atoms with Crippen LogP contribution in [0.5, 0.6) is 0 Å². The number of nitrogens with one attached hydrogen (secondary N) is 1. The summed E-state index contributed by atoms with van der Waals surface area (Å²) in [6, 6.07) is 8.41. The van der Waals surface area contributed by atoms with Crippen molar-refractivity contribution >= 4 is 5.91 Å². The van der Waals surface area contributed by atoms with Gasteiger partial charge in [0.2, 0.25) is 5.91 Å². The Morgan fingerprint density at radius 2 is 1.92 bits per heavy atom. The standard InChI is InChI=1S/C21H26N4O/c1-15-2-4-16(5-3-15)11-23-19(26)20-7-17-6-18(8-20)10-21(9-17,12-20)25-14-22-13-24-25/h2-5,13-14,17-18H,6-12H2,1H3,(H,23,26). The number of carbonyl (C=O) groups is 1. The first-order valence-corrected chi connectivity index (χ1v) is 9.76. The molecule has 1 amide bonds. The molecule has 0 spiro atoms. The van der Waals surface area contributed by atoms with E-state index in [2.05, 4.69) is 51.3 Å². The van der Waals surface area contributed by atoms with Crippen molar-refractivity contribution in [1.29, 1.82) is 0 Å². The predicted molar refractivity (Wildman–Crippen MR) is 98.1 cm³/mol. The molecule has 2 unspecified atom stereocenters. The molecule has 2 atom stereocenters. The minimum Gasteiger partial charge on any atom is -0.352 e. The van der Waals surface area contributed by atoms with Crippen molar-refractivity contribution in [3.8, 4) is 0 Å². The molecule has 4 fully saturated rings. The van der Waals surface area contributed by atoms with E-state index in [1.54, 1.807) is 6.33 Å². The highest BCUT2D eigenvalue weighted by atomic mass is 16.2. The molecule has 5 heteroatoms. The van der Waals surface area contributed by atoms with Crippen LogP contribution in [0, 0.1) is 24.2 Å². The van der Waals surface area contributed by atoms with Crippen LogP contribution >= 0.6 is 0 Å². The van der Waals surface area contributed by atoms with Crippen LogP contribution in [0.25, 0.3) is 0 Å². The Bertz CT molecular complexity index is 797. The van der Waals surface area contributed by atoms with E-state index in [0.29, 0.717) is 18.4 Å². The van der Waals surface area contributed by atoms with E-state index >= 15 is 0 Å². The number of hydrogen-bond acceptors (Lipinski definition) is 3. The number of nitrogens with zero attached hydrogens (tertiary/aromatic N) is 3. The van der Waals surface area contributed by atoms with Crippen molar-refractivity contribution in [2.24, 2.45) is 17.3 Å². The molecule has 1 N–H and O–H groups in total. The number of aromatic nitrogens is 3. The van der Waals surface area contributed by atoms with Gasteiger partial charge in [-0.05, 0) is 62.8 Å². The molecule has 26 heavy (non-hydrogen) atoms. The second-order valence-electron chi connectivity index (χ2n) is 8.97. The van der Waals surface area contributed by atoms with E-state index in [1.165, 1.54) is 17.5 Å². The first-order valence-electron chi connectivity index (χ1n) is 9.76. The first-order chi connectivity index (χ1) is 12.6. The monoisotopic (exact) mass is 350 g/mol. The zero-order chi connectivity index (χ0) is 17.8. The maximum atomic E-state index is 13.3. The van der Waals surface area contributed by atoms with E-state index in [9.17, 15) is 4.79 Å². The number of rotatable bonds is 4. The minimum atomic E-state index is -0.221. The van der Waals surface area contributed by atoms with Crippen LogP contribution in [-0.4, -0.2) is 20.7 Å². The molecule has 136 valence electrons. The normalized spacial score (nSPS) is 34.8. The highest BCUT2D eigenvalue weighted by Crippen LogP contribution is 2.64. The lowest BCUT2D eigenvalue weighted by Gasteiger charge is -2.60. The summed E-state index contributed by atoms with van der Waals surface area (Å²) in [6.45, 7) is 2.70. The summed E-state index contributed by atoms with van der Waals surface area (Å²) in [5.74, 6) is 1.54. The zero-order valence-electron chi connectivity index (χ0n) is 15.3. The van der Waals surface area contributed by atoms with Crippen molar-refractivity contribution in [1.82, 2.24) is 20.1 Å². The molecule has 1 aromatic carbocycles. The Hall–Kier alpha value is -2.17. The summed E-state index contributed by atoms with van der Waals surface area (Å²) in [6.07, 6.45) is 10.1. The van der Waals surface area contributed by atoms with Gasteiger partial charge in [0.25, 0.3) is 0 Å². The fourth-order valence-electron chi connectivity index (χ4n) is 6.28. The van der Waals surface area contributed by atoms with Crippen molar-refractivity contribution in [2.45, 2.75) is 57.5 Å². The summed E-state index contributed by atoms with van der Waals surface area (Å²) in [7, 11) is 0. The van der Waals surface area contributed by atoms with Crippen LogP contribution in [-0.2, 0) is 16.9 Å². The molecule has 4 saturated carbocycles. The highest BCUT2D eigenvalue weighted by Gasteiger charge is 2.61. The summed E-state index contributed by atoms with van der Waals surface area (Å²) in [5.41, 5.74) is 2.19. The Kier molecular flexibility index (Phi) is 3.49. The van der Waals surface area contributed by atoms with E-state index in [0.717, 1.165) is 32.1 Å². The molecular formula is C21H26N4O. The van der Waals surface area contributed by atoms with Gasteiger partial charge in [-0.1, -0.05) is 29.8 Å². The lowest BCUT2D eigenvalue weighted by atomic mass is 9.46. The van der Waals surface area contributed by atoms with Crippen molar-refractivity contribution in [2.75, 3.05) is 0 Å². The average Bonchev–Trinajstić information content (AvgIpc) is 3.15. The molecule has 4 bridgehead atoms. The summed E-state index contributed by atoms with van der Waals surface area (Å²) in [4.78, 5) is 17.5. The van der Waals surface area contributed by atoms with Gasteiger partial charge in [-0.2, -0.15) is 5.10 Å². The van der Waals surface area contributed by atoms with Gasteiger partial charge in [0, 0.05) is 6.54 Å². The van der Waals surface area contributed by atoms with E-state index in [4.69, 9.17) is 0 Å². The molecule has 0 radical (unpaired) electrons. The molecule has 4 aliphatic rings. The summed E-state index contributed by atoms with van der Waals surface area (Å²) >= 11 is 0. The number of benzene rings is 1. The fourth-order valence-corrected chi connectivity index (χ4v) is 6.28. The molecule has 1 aromatic heterocycles. The van der Waals surface area contributed by atoms with Crippen LogP contribution in [0.2, 0.25) is 0 Å². The Balaban J connectivity index is 1.38. The van der Waals surface area contributed by atoms with E-state index < -0.39 is 0 Å². The lowest BCUT2D eigenvalue weighted by Crippen LogP contribution is -2.60. The molecule has 0 aliphatic heterocycles. The number of aryl methyl sites for hydroxylation is 1. The van der Waals surface area contributed by atoms with Gasteiger partial charge in [-0.25, -0.2) is 9.67 Å². The molecular weight excluding hydrogens is 324 g/mol. The second-order valence-corrected chi connectivity index (χ2v) is 8.97. The van der Waals surface area contributed by atoms with Crippen LogP contribution < -0.4 is 5.32 Å². The average molecular weight is 350 g/mol. The maximum Gasteiger partial charge on any atom is 0.226 e. The molecule has 6 rings (SSSR count). The van der Waals surface area contributed by atoms with Gasteiger partial charge in [-0.3, -0.25) is 4.79 Å². The van der Waals surface area contributed by atoms with Gasteiger partial charge >= 0.3 is 0 Å². The quantitative estimate of drug-likeness (QED) is 0.921. The molecule has 4 aliphatic carbocycles. The van der Waals surface area contributed by atoms with E-state index in [1.807, 2.05) is 6.33 Å². The molecule has 1 heterocycles. The summed E-state index contributed by atoms with van der Waals surface area (Å²) in [5, 5.41) is 7.73. The Labute approximate surface area is 154 Å². The van der Waals surface area contributed by atoms with Gasteiger partial charge < -0.3 is 5.32 Å². The van der Waals surface area contributed by atoms with Crippen molar-refractivity contribution < 1.29 is 4.79 Å². The van der Waals surface area contributed by atoms with Crippen LogP contribution in [0.1, 0.15) is 49.7 Å². The number of amides is 1. The van der Waals surface area contributed by atoms with Crippen LogP contribution in [0.3, 0.4) is 0 Å². The Morgan fingerprint density at radius 3 is 2.58 bits per heavy atom. The third-order valence-electron chi connectivity index (χ3n) is 6.99. The third-order valence-corrected chi connectivity index (χ3v) is 6.99. The van der Waals surface area contributed by atoms with Crippen molar-refractivity contribution in [3.63, 3.8) is 0 Å². The zero-order valence-corrected chi connectivity index (χ0v) is 15.3. The minimum absolute atomic E-state index is 0.00177.